The number of rotatable bonds is 3. The Bertz CT molecular complexity index is 515. The number of aromatic carboxylic acids is 1. The van der Waals surface area contributed by atoms with Crippen molar-refractivity contribution < 1.29 is 18.3 Å². The highest BCUT2D eigenvalue weighted by Gasteiger charge is 2.56. The van der Waals surface area contributed by atoms with Crippen molar-refractivity contribution in [3.05, 3.63) is 10.8 Å². The maximum atomic E-state index is 11.5. The lowest BCUT2D eigenvalue weighted by atomic mass is 10.4. The first kappa shape index (κ1) is 10.5. The van der Waals surface area contributed by atoms with Crippen LogP contribution in [0.15, 0.2) is 0 Å². The Kier molecular flexibility index (Phi) is 2.09. The van der Waals surface area contributed by atoms with E-state index in [1.165, 1.54) is 0 Å². The number of nitrogens with zero attached hydrogens (tertiary/aromatic N) is 2. The molecule has 82 valence electrons. The molecule has 15 heavy (non-hydrogen) atoms. The Labute approximate surface area is 90.1 Å². The fourth-order valence-corrected chi connectivity index (χ4v) is 3.29. The van der Waals surface area contributed by atoms with Crippen molar-refractivity contribution in [2.24, 2.45) is 0 Å². The molecule has 1 fully saturated rings. The first-order chi connectivity index (χ1) is 6.87. The van der Waals surface area contributed by atoms with E-state index in [0.29, 0.717) is 24.4 Å². The number of hydrogen-bond acceptors (Lipinski definition) is 6. The van der Waals surface area contributed by atoms with Gasteiger partial charge in [0, 0.05) is 6.26 Å². The van der Waals surface area contributed by atoms with E-state index < -0.39 is 20.6 Å². The summed E-state index contributed by atoms with van der Waals surface area (Å²) in [5.74, 6) is -1.05. The molecule has 0 spiro atoms. The maximum absolute atomic E-state index is 11.5. The fourth-order valence-electron chi connectivity index (χ4n) is 1.37. The zero-order valence-electron chi connectivity index (χ0n) is 7.80. The van der Waals surface area contributed by atoms with Crippen LogP contribution in [0.1, 0.15) is 28.5 Å². The molecule has 0 radical (unpaired) electrons. The van der Waals surface area contributed by atoms with Crippen molar-refractivity contribution in [3.8, 4) is 0 Å². The van der Waals surface area contributed by atoms with Gasteiger partial charge in [0.05, 0.1) is 0 Å². The van der Waals surface area contributed by atoms with Gasteiger partial charge in [-0.2, -0.15) is 4.37 Å². The zero-order chi connectivity index (χ0) is 11.3. The van der Waals surface area contributed by atoms with Crippen LogP contribution >= 0.6 is 11.5 Å². The topological polar surface area (TPSA) is 97.2 Å². The lowest BCUT2D eigenvalue weighted by Crippen LogP contribution is -2.20. The van der Waals surface area contributed by atoms with Gasteiger partial charge in [0.25, 0.3) is 0 Å². The number of carbonyl (C=O) groups is 1. The summed E-state index contributed by atoms with van der Waals surface area (Å²) in [5.41, 5.74) is 0. The summed E-state index contributed by atoms with van der Waals surface area (Å²) in [4.78, 5) is 14.3. The van der Waals surface area contributed by atoms with E-state index in [0.717, 1.165) is 6.26 Å². The van der Waals surface area contributed by atoms with Crippen molar-refractivity contribution in [1.29, 1.82) is 0 Å². The van der Waals surface area contributed by atoms with E-state index in [1.54, 1.807) is 0 Å². The molecule has 1 N–H and O–H groups in total. The van der Waals surface area contributed by atoms with Crippen LogP contribution in [0.3, 0.4) is 0 Å². The number of hydrogen-bond donors (Lipinski definition) is 1. The second kappa shape index (κ2) is 2.99. The van der Waals surface area contributed by atoms with E-state index in [1.807, 2.05) is 0 Å². The summed E-state index contributed by atoms with van der Waals surface area (Å²) in [6.45, 7) is 0. The molecule has 0 atom stereocenters. The molecule has 0 bridgehead atoms. The van der Waals surface area contributed by atoms with Crippen LogP contribution in [0.4, 0.5) is 0 Å². The summed E-state index contributed by atoms with van der Waals surface area (Å²) < 4.78 is 25.7. The van der Waals surface area contributed by atoms with Crippen LogP contribution < -0.4 is 0 Å². The average molecular weight is 248 g/mol. The molecular formula is C7H8N2O4S2. The molecule has 1 aromatic heterocycles. The molecule has 1 aromatic rings. The third-order valence-corrected chi connectivity index (χ3v) is 5.14. The lowest BCUT2D eigenvalue weighted by Gasteiger charge is -2.06. The summed E-state index contributed by atoms with van der Waals surface area (Å²) in [6, 6.07) is 0. The smallest absolute Gasteiger partial charge is 0.366 e. The first-order valence-corrected chi connectivity index (χ1v) is 6.80. The fraction of sp³-hybridized carbons (Fsp3) is 0.571. The minimum Gasteiger partial charge on any atom is -0.476 e. The Morgan fingerprint density at radius 3 is 2.47 bits per heavy atom. The minimum absolute atomic E-state index is 0.132. The Morgan fingerprint density at radius 1 is 1.53 bits per heavy atom. The largest absolute Gasteiger partial charge is 0.476 e. The molecule has 8 heteroatoms. The minimum atomic E-state index is -3.27. The normalized spacial score (nSPS) is 18.7. The molecule has 0 aromatic carbocycles. The van der Waals surface area contributed by atoms with E-state index in [2.05, 4.69) is 9.36 Å². The average Bonchev–Trinajstić information content (AvgIpc) is 2.77. The van der Waals surface area contributed by atoms with E-state index in [4.69, 9.17) is 5.11 Å². The lowest BCUT2D eigenvalue weighted by molar-refractivity contribution is 0.0696. The molecule has 0 unspecified atom stereocenters. The van der Waals surface area contributed by atoms with Gasteiger partial charge in [-0.05, 0) is 24.4 Å². The standard InChI is InChI=1S/C7H8N2O4S2/c1-15(12,13)7(2-3-7)6-8-4(5(10)11)14-9-6/h2-3H2,1H3,(H,10,11). The van der Waals surface area contributed by atoms with Gasteiger partial charge >= 0.3 is 5.97 Å². The molecule has 1 aliphatic carbocycles. The summed E-state index contributed by atoms with van der Waals surface area (Å²) in [5, 5.41) is 8.48. The third kappa shape index (κ3) is 1.53. The molecule has 0 aliphatic heterocycles. The van der Waals surface area contributed by atoms with Crippen LogP contribution in [-0.4, -0.2) is 35.1 Å². The molecule has 1 heterocycles. The SMILES string of the molecule is CS(=O)(=O)C1(c2nsc(C(=O)O)n2)CC1. The molecular weight excluding hydrogens is 240 g/mol. The predicted molar refractivity (Wildman–Crippen MR) is 52.6 cm³/mol. The summed E-state index contributed by atoms with van der Waals surface area (Å²) in [6.07, 6.45) is 2.07. The maximum Gasteiger partial charge on any atom is 0.366 e. The predicted octanol–water partition coefficient (Wildman–Crippen LogP) is 0.270. The zero-order valence-corrected chi connectivity index (χ0v) is 9.43. The highest BCUT2D eigenvalue weighted by Crippen LogP contribution is 2.51. The van der Waals surface area contributed by atoms with Gasteiger partial charge in [-0.3, -0.25) is 0 Å². The van der Waals surface area contributed by atoms with Gasteiger partial charge in [0.1, 0.15) is 4.75 Å². The van der Waals surface area contributed by atoms with Crippen molar-refractivity contribution in [3.63, 3.8) is 0 Å². The van der Waals surface area contributed by atoms with Crippen molar-refractivity contribution in [2.75, 3.05) is 6.26 Å². The van der Waals surface area contributed by atoms with Gasteiger partial charge in [-0.25, -0.2) is 18.2 Å². The van der Waals surface area contributed by atoms with Crippen LogP contribution in [0.5, 0.6) is 0 Å². The number of carboxylic acid groups (broad SMARTS) is 1. The number of sulfone groups is 1. The molecule has 1 saturated carbocycles. The van der Waals surface area contributed by atoms with E-state index in [-0.39, 0.29) is 10.8 Å². The Hall–Kier alpha value is -1.02. The Morgan fingerprint density at radius 2 is 2.13 bits per heavy atom. The van der Waals surface area contributed by atoms with Gasteiger partial charge in [0.2, 0.25) is 5.01 Å². The van der Waals surface area contributed by atoms with Crippen molar-refractivity contribution in [2.45, 2.75) is 17.6 Å². The number of carboxylic acids is 1. The molecule has 1 aliphatic rings. The van der Waals surface area contributed by atoms with Crippen molar-refractivity contribution >= 4 is 27.3 Å². The van der Waals surface area contributed by atoms with E-state index in [9.17, 15) is 13.2 Å². The van der Waals surface area contributed by atoms with Crippen LogP contribution in [0.2, 0.25) is 0 Å². The third-order valence-electron chi connectivity index (χ3n) is 2.43. The molecule has 2 rings (SSSR count). The van der Waals surface area contributed by atoms with Gasteiger partial charge in [0.15, 0.2) is 15.7 Å². The second-order valence-electron chi connectivity index (χ2n) is 3.49. The molecule has 0 amide bonds. The first-order valence-electron chi connectivity index (χ1n) is 4.14. The van der Waals surface area contributed by atoms with Crippen LogP contribution in [0, 0.1) is 0 Å². The van der Waals surface area contributed by atoms with Gasteiger partial charge in [-0.1, -0.05) is 0 Å². The second-order valence-corrected chi connectivity index (χ2v) is 6.57. The van der Waals surface area contributed by atoms with Gasteiger partial charge in [-0.15, -0.1) is 0 Å². The summed E-state index contributed by atoms with van der Waals surface area (Å²) in [7, 11) is -3.27. The molecule has 6 nitrogen and oxygen atoms in total. The summed E-state index contributed by atoms with van der Waals surface area (Å²) >= 11 is 0.716. The highest BCUT2D eigenvalue weighted by atomic mass is 32.2. The number of aromatic nitrogens is 2. The quantitative estimate of drug-likeness (QED) is 0.824. The van der Waals surface area contributed by atoms with E-state index >= 15 is 0 Å². The monoisotopic (exact) mass is 248 g/mol. The van der Waals surface area contributed by atoms with Crippen LogP contribution in [0.25, 0.3) is 0 Å². The highest BCUT2D eigenvalue weighted by molar-refractivity contribution is 7.91. The van der Waals surface area contributed by atoms with Crippen molar-refractivity contribution in [1.82, 2.24) is 9.36 Å². The van der Waals surface area contributed by atoms with Gasteiger partial charge < -0.3 is 5.11 Å². The molecule has 0 saturated heterocycles. The van der Waals surface area contributed by atoms with Crippen LogP contribution in [-0.2, 0) is 14.6 Å². The Balaban J connectivity index is 2.43.